The highest BCUT2D eigenvalue weighted by atomic mass is 16.3. The SMILES string of the molecule is [B]c1cccc2c(-c3c4ccc(=[N+](C)C)cc-4oc4cc(N(C)C)ccc34)cccc12. The van der Waals surface area contributed by atoms with Gasteiger partial charge in [0.2, 0.25) is 5.36 Å². The van der Waals surface area contributed by atoms with Crippen LogP contribution in [0.1, 0.15) is 0 Å². The third kappa shape index (κ3) is 3.19. The third-order valence-electron chi connectivity index (χ3n) is 5.95. The molecule has 5 rings (SSSR count). The molecule has 0 saturated carbocycles. The van der Waals surface area contributed by atoms with Gasteiger partial charge in [0.05, 0.1) is 6.07 Å². The van der Waals surface area contributed by atoms with E-state index in [0.717, 1.165) is 55.1 Å². The first kappa shape index (κ1) is 19.4. The van der Waals surface area contributed by atoms with Crippen LogP contribution < -0.4 is 20.3 Å². The molecule has 3 aromatic rings. The molecule has 0 spiro atoms. The maximum Gasteiger partial charge on any atom is 0.203 e. The summed E-state index contributed by atoms with van der Waals surface area (Å²) in [4.78, 5) is 2.09. The molecule has 4 heteroatoms. The summed E-state index contributed by atoms with van der Waals surface area (Å²) in [5, 5.41) is 4.40. The monoisotopic (exact) mass is 403 g/mol. The number of rotatable bonds is 2. The second kappa shape index (κ2) is 7.31. The van der Waals surface area contributed by atoms with E-state index in [4.69, 9.17) is 12.3 Å². The number of nitrogens with zero attached hydrogens (tertiary/aromatic N) is 2. The lowest BCUT2D eigenvalue weighted by molar-refractivity contribution is 0.617. The topological polar surface area (TPSA) is 19.4 Å². The molecule has 0 N–H and O–H groups in total. The first-order valence-corrected chi connectivity index (χ1v) is 10.4. The van der Waals surface area contributed by atoms with Crippen LogP contribution in [0.2, 0.25) is 0 Å². The Morgan fingerprint density at radius 2 is 1.55 bits per heavy atom. The first-order valence-electron chi connectivity index (χ1n) is 10.4. The predicted molar refractivity (Wildman–Crippen MR) is 133 cm³/mol. The number of benzene rings is 4. The maximum absolute atomic E-state index is 6.45. The summed E-state index contributed by atoms with van der Waals surface area (Å²) in [5.41, 5.74) is 6.18. The van der Waals surface area contributed by atoms with Crippen LogP contribution in [0.15, 0.2) is 77.2 Å². The Morgan fingerprint density at radius 3 is 2.32 bits per heavy atom. The molecule has 3 nitrogen and oxygen atoms in total. The Morgan fingerprint density at radius 1 is 0.774 bits per heavy atom. The second-order valence-electron chi connectivity index (χ2n) is 8.37. The fourth-order valence-corrected chi connectivity index (χ4v) is 4.27. The zero-order valence-electron chi connectivity index (χ0n) is 18.3. The van der Waals surface area contributed by atoms with Crippen LogP contribution in [0.25, 0.3) is 44.2 Å². The summed E-state index contributed by atoms with van der Waals surface area (Å²) in [7, 11) is 14.5. The van der Waals surface area contributed by atoms with Crippen LogP contribution in [0.3, 0.4) is 0 Å². The zero-order valence-corrected chi connectivity index (χ0v) is 18.3. The average Bonchev–Trinajstić information content (AvgIpc) is 2.76. The quantitative estimate of drug-likeness (QED) is 0.249. The van der Waals surface area contributed by atoms with Crippen molar-refractivity contribution in [1.82, 2.24) is 4.58 Å². The highest BCUT2D eigenvalue weighted by Crippen LogP contribution is 2.42. The van der Waals surface area contributed by atoms with Crippen molar-refractivity contribution >= 4 is 40.7 Å². The number of hydrogen-bond acceptors (Lipinski definition) is 2. The lowest BCUT2D eigenvalue weighted by atomic mass is 9.85. The number of fused-ring (bicyclic) bond motifs is 3. The molecule has 0 aromatic heterocycles. The van der Waals surface area contributed by atoms with Crippen molar-refractivity contribution in [2.24, 2.45) is 0 Å². The highest BCUT2D eigenvalue weighted by Gasteiger charge is 2.20. The van der Waals surface area contributed by atoms with Crippen molar-refractivity contribution in [3.05, 3.63) is 78.2 Å². The summed E-state index contributed by atoms with van der Waals surface area (Å²) in [5.74, 6) is 0.866. The van der Waals surface area contributed by atoms with Crippen molar-refractivity contribution in [2.75, 3.05) is 33.1 Å². The molecule has 0 atom stereocenters. The van der Waals surface area contributed by atoms with E-state index < -0.39 is 0 Å². The molecular weight excluding hydrogens is 379 g/mol. The Hall–Kier alpha value is -3.53. The molecule has 31 heavy (non-hydrogen) atoms. The van der Waals surface area contributed by atoms with E-state index in [1.54, 1.807) is 0 Å². The Balaban J connectivity index is 1.97. The molecule has 1 aliphatic carbocycles. The minimum absolute atomic E-state index is 0.790. The molecular formula is C27H24BN2O+. The Kier molecular flexibility index (Phi) is 4.59. The smallest absolute Gasteiger partial charge is 0.203 e. The summed E-state index contributed by atoms with van der Waals surface area (Å²) in [6.45, 7) is 0. The molecule has 0 amide bonds. The van der Waals surface area contributed by atoms with Crippen LogP contribution >= 0.6 is 0 Å². The number of anilines is 1. The van der Waals surface area contributed by atoms with Crippen LogP contribution in [0.5, 0.6) is 0 Å². The van der Waals surface area contributed by atoms with Crippen LogP contribution in [-0.2, 0) is 0 Å². The summed E-state index contributed by atoms with van der Waals surface area (Å²) in [6, 6.07) is 25.3. The minimum Gasteiger partial charge on any atom is -0.456 e. The highest BCUT2D eigenvalue weighted by molar-refractivity contribution is 6.39. The zero-order chi connectivity index (χ0) is 21.7. The van der Waals surface area contributed by atoms with Gasteiger partial charge in [-0.1, -0.05) is 41.9 Å². The van der Waals surface area contributed by atoms with Gasteiger partial charge in [-0.15, -0.1) is 0 Å². The lowest BCUT2D eigenvalue weighted by Gasteiger charge is -2.19. The van der Waals surface area contributed by atoms with Gasteiger partial charge in [0, 0.05) is 48.4 Å². The molecule has 2 aliphatic rings. The normalized spacial score (nSPS) is 11.4. The minimum atomic E-state index is 0.790. The van der Waals surface area contributed by atoms with E-state index in [9.17, 15) is 0 Å². The van der Waals surface area contributed by atoms with E-state index in [2.05, 4.69) is 70.1 Å². The molecule has 3 aromatic carbocycles. The van der Waals surface area contributed by atoms with E-state index in [0.29, 0.717) is 0 Å². The summed E-state index contributed by atoms with van der Waals surface area (Å²) in [6.07, 6.45) is 0. The second-order valence-corrected chi connectivity index (χ2v) is 8.37. The van der Waals surface area contributed by atoms with Crippen molar-refractivity contribution in [2.45, 2.75) is 0 Å². The van der Waals surface area contributed by atoms with Crippen LogP contribution in [-0.4, -0.2) is 36.0 Å². The van der Waals surface area contributed by atoms with Gasteiger partial charge in [0.15, 0.2) is 0 Å². The average molecular weight is 403 g/mol. The van der Waals surface area contributed by atoms with Gasteiger partial charge >= 0.3 is 0 Å². The molecule has 1 aliphatic heterocycles. The lowest BCUT2D eigenvalue weighted by Crippen LogP contribution is -2.21. The number of hydrogen-bond donors (Lipinski definition) is 0. The van der Waals surface area contributed by atoms with Gasteiger partial charge in [0.25, 0.3) is 0 Å². The summed E-state index contributed by atoms with van der Waals surface area (Å²) >= 11 is 0. The van der Waals surface area contributed by atoms with Gasteiger partial charge in [-0.05, 0) is 34.5 Å². The standard InChI is InChI=1S/C27H24BN2O/c1-29(2)17-11-13-22-25(15-17)31-26-16-18(30(3)4)12-14-23(26)27(22)21-9-5-8-20-19(21)7-6-10-24(20)28/h5-16H,1-4H3/q+1. The third-order valence-corrected chi connectivity index (χ3v) is 5.95. The molecule has 0 bridgehead atoms. The Labute approximate surface area is 183 Å². The van der Waals surface area contributed by atoms with Crippen molar-refractivity contribution in [3.8, 4) is 22.5 Å². The van der Waals surface area contributed by atoms with E-state index in [1.807, 2.05) is 40.3 Å². The van der Waals surface area contributed by atoms with Crippen LogP contribution in [0, 0.1) is 0 Å². The van der Waals surface area contributed by atoms with Gasteiger partial charge in [0.1, 0.15) is 33.3 Å². The summed E-state index contributed by atoms with van der Waals surface area (Å²) < 4.78 is 8.54. The van der Waals surface area contributed by atoms with Gasteiger partial charge in [-0.3, -0.25) is 0 Å². The molecule has 0 saturated heterocycles. The van der Waals surface area contributed by atoms with Crippen molar-refractivity contribution in [3.63, 3.8) is 0 Å². The molecule has 2 radical (unpaired) electrons. The van der Waals surface area contributed by atoms with E-state index >= 15 is 0 Å². The van der Waals surface area contributed by atoms with Gasteiger partial charge in [-0.25, -0.2) is 4.58 Å². The van der Waals surface area contributed by atoms with Crippen molar-refractivity contribution in [1.29, 1.82) is 0 Å². The predicted octanol–water partition coefficient (Wildman–Crippen LogP) is 4.25. The Bertz CT molecular complexity index is 1490. The molecule has 1 heterocycles. The fraction of sp³-hybridized carbons (Fsp3) is 0.148. The molecule has 0 fully saturated rings. The van der Waals surface area contributed by atoms with Gasteiger partial charge in [-0.2, -0.15) is 0 Å². The van der Waals surface area contributed by atoms with Crippen LogP contribution in [0.4, 0.5) is 5.69 Å². The van der Waals surface area contributed by atoms with Gasteiger partial charge < -0.3 is 9.32 Å². The first-order chi connectivity index (χ1) is 14.9. The molecule has 150 valence electrons. The largest absolute Gasteiger partial charge is 0.456 e. The van der Waals surface area contributed by atoms with E-state index in [-0.39, 0.29) is 0 Å². The van der Waals surface area contributed by atoms with Crippen molar-refractivity contribution < 1.29 is 4.42 Å². The van der Waals surface area contributed by atoms with E-state index in [1.165, 1.54) is 5.56 Å². The molecule has 0 unspecified atom stereocenters. The fourth-order valence-electron chi connectivity index (χ4n) is 4.27. The maximum atomic E-state index is 6.45.